The fourth-order valence-corrected chi connectivity index (χ4v) is 1.87. The van der Waals surface area contributed by atoms with Gasteiger partial charge in [0.1, 0.15) is 5.69 Å². The van der Waals surface area contributed by atoms with Gasteiger partial charge in [-0.1, -0.05) is 23.2 Å². The molecular formula is C11H14Cl2N2O3. The van der Waals surface area contributed by atoms with Crippen molar-refractivity contribution in [1.29, 1.82) is 0 Å². The maximum atomic E-state index is 11.0. The van der Waals surface area contributed by atoms with E-state index in [1.165, 1.54) is 12.1 Å². The number of nitro groups is 1. The number of rotatable bonds is 5. The Morgan fingerprint density at radius 3 is 2.44 bits per heavy atom. The third kappa shape index (κ3) is 3.73. The zero-order valence-corrected chi connectivity index (χ0v) is 11.8. The molecule has 0 spiro atoms. The van der Waals surface area contributed by atoms with Crippen molar-refractivity contribution in [2.45, 2.75) is 19.4 Å². The fourth-order valence-electron chi connectivity index (χ4n) is 1.55. The molecule has 1 N–H and O–H groups in total. The Labute approximate surface area is 115 Å². The number of hydrogen-bond acceptors (Lipinski definition) is 4. The van der Waals surface area contributed by atoms with Crippen molar-refractivity contribution in [1.82, 2.24) is 0 Å². The highest BCUT2D eigenvalue weighted by atomic mass is 35.5. The van der Waals surface area contributed by atoms with E-state index in [9.17, 15) is 10.1 Å². The Bertz CT molecular complexity index is 464. The standard InChI is InChI=1S/C11H14Cl2N2O3/c1-11(2,6-18-3)14-9-4-7(12)8(13)5-10(9)15(16)17/h4-5,14H,6H2,1-3H3. The second-order valence-electron chi connectivity index (χ2n) is 4.48. The molecule has 0 aliphatic rings. The monoisotopic (exact) mass is 292 g/mol. The highest BCUT2D eigenvalue weighted by molar-refractivity contribution is 6.42. The SMILES string of the molecule is COCC(C)(C)Nc1cc(Cl)c(Cl)cc1[N+](=O)[O-]. The molecule has 0 amide bonds. The maximum absolute atomic E-state index is 11.0. The molecule has 0 saturated heterocycles. The summed E-state index contributed by atoms with van der Waals surface area (Å²) in [4.78, 5) is 10.5. The van der Waals surface area contributed by atoms with E-state index in [0.717, 1.165) is 0 Å². The molecule has 0 heterocycles. The summed E-state index contributed by atoms with van der Waals surface area (Å²) in [5.41, 5.74) is -0.263. The zero-order valence-electron chi connectivity index (χ0n) is 10.3. The van der Waals surface area contributed by atoms with Gasteiger partial charge < -0.3 is 10.1 Å². The van der Waals surface area contributed by atoms with Gasteiger partial charge in [0.2, 0.25) is 0 Å². The van der Waals surface area contributed by atoms with Gasteiger partial charge in [-0.2, -0.15) is 0 Å². The molecule has 1 rings (SSSR count). The number of ether oxygens (including phenoxy) is 1. The van der Waals surface area contributed by atoms with Gasteiger partial charge in [-0.3, -0.25) is 10.1 Å². The van der Waals surface area contributed by atoms with Crippen molar-refractivity contribution in [3.63, 3.8) is 0 Å². The fraction of sp³-hybridized carbons (Fsp3) is 0.455. The topological polar surface area (TPSA) is 64.4 Å². The largest absolute Gasteiger partial charge is 0.382 e. The molecule has 0 aromatic heterocycles. The summed E-state index contributed by atoms with van der Waals surface area (Å²) in [5, 5.41) is 14.4. The predicted octanol–water partition coefficient (Wildman–Crippen LogP) is 3.74. The van der Waals surface area contributed by atoms with E-state index in [1.54, 1.807) is 7.11 Å². The summed E-state index contributed by atoms with van der Waals surface area (Å²) >= 11 is 11.6. The summed E-state index contributed by atoms with van der Waals surface area (Å²) in [5.74, 6) is 0. The third-order valence-electron chi connectivity index (χ3n) is 2.21. The van der Waals surface area contributed by atoms with Crippen LogP contribution in [0.3, 0.4) is 0 Å². The highest BCUT2D eigenvalue weighted by Crippen LogP contribution is 2.35. The molecule has 0 aliphatic carbocycles. The third-order valence-corrected chi connectivity index (χ3v) is 2.94. The lowest BCUT2D eigenvalue weighted by Gasteiger charge is -2.26. The second-order valence-corrected chi connectivity index (χ2v) is 5.30. The van der Waals surface area contributed by atoms with E-state index >= 15 is 0 Å². The highest BCUT2D eigenvalue weighted by Gasteiger charge is 2.24. The average Bonchev–Trinajstić information content (AvgIpc) is 2.22. The first-order valence-electron chi connectivity index (χ1n) is 5.17. The number of nitro benzene ring substituents is 1. The first-order chi connectivity index (χ1) is 8.26. The molecule has 0 aliphatic heterocycles. The average molecular weight is 293 g/mol. The molecule has 0 fully saturated rings. The minimum atomic E-state index is -0.507. The van der Waals surface area contributed by atoms with Gasteiger partial charge in [0.15, 0.2) is 0 Å². The van der Waals surface area contributed by atoms with Crippen molar-refractivity contribution in [3.05, 3.63) is 32.3 Å². The number of methoxy groups -OCH3 is 1. The van der Waals surface area contributed by atoms with E-state index in [0.29, 0.717) is 12.3 Å². The van der Waals surface area contributed by atoms with Crippen LogP contribution in [0.15, 0.2) is 12.1 Å². The van der Waals surface area contributed by atoms with Gasteiger partial charge in [-0.25, -0.2) is 0 Å². The summed E-state index contributed by atoms with van der Waals surface area (Å²) < 4.78 is 5.04. The Balaban J connectivity index is 3.15. The lowest BCUT2D eigenvalue weighted by atomic mass is 10.1. The van der Waals surface area contributed by atoms with Crippen LogP contribution in [0.2, 0.25) is 10.0 Å². The molecular weight excluding hydrogens is 279 g/mol. The Morgan fingerprint density at radius 1 is 1.39 bits per heavy atom. The summed E-state index contributed by atoms with van der Waals surface area (Å²) in [6.07, 6.45) is 0. The van der Waals surface area contributed by atoms with Crippen molar-refractivity contribution in [2.75, 3.05) is 19.0 Å². The van der Waals surface area contributed by atoms with Gasteiger partial charge >= 0.3 is 0 Å². The summed E-state index contributed by atoms with van der Waals surface area (Å²) in [6, 6.07) is 2.68. The summed E-state index contributed by atoms with van der Waals surface area (Å²) in [6.45, 7) is 4.12. The van der Waals surface area contributed by atoms with E-state index in [-0.39, 0.29) is 15.7 Å². The predicted molar refractivity (Wildman–Crippen MR) is 72.7 cm³/mol. The summed E-state index contributed by atoms with van der Waals surface area (Å²) in [7, 11) is 1.56. The molecule has 5 nitrogen and oxygen atoms in total. The Hall–Kier alpha value is -1.04. The molecule has 100 valence electrons. The minimum absolute atomic E-state index is 0.117. The van der Waals surface area contributed by atoms with Crippen molar-refractivity contribution in [3.8, 4) is 0 Å². The lowest BCUT2D eigenvalue weighted by Crippen LogP contribution is -2.36. The normalized spacial score (nSPS) is 11.4. The number of nitrogens with one attached hydrogen (secondary N) is 1. The van der Waals surface area contributed by atoms with Gasteiger partial charge in [0.25, 0.3) is 5.69 Å². The van der Waals surface area contributed by atoms with Crippen LogP contribution in [0.25, 0.3) is 0 Å². The van der Waals surface area contributed by atoms with Crippen molar-refractivity contribution < 1.29 is 9.66 Å². The van der Waals surface area contributed by atoms with E-state index in [1.807, 2.05) is 13.8 Å². The van der Waals surface area contributed by atoms with Gasteiger partial charge in [-0.05, 0) is 19.9 Å². The number of anilines is 1. The van der Waals surface area contributed by atoms with Crippen LogP contribution in [-0.4, -0.2) is 24.2 Å². The second kappa shape index (κ2) is 5.73. The van der Waals surface area contributed by atoms with E-state index in [2.05, 4.69) is 5.32 Å². The van der Waals surface area contributed by atoms with Crippen molar-refractivity contribution >= 4 is 34.6 Å². The van der Waals surface area contributed by atoms with Gasteiger partial charge in [0, 0.05) is 13.2 Å². The Morgan fingerprint density at radius 2 is 1.94 bits per heavy atom. The van der Waals surface area contributed by atoms with Crippen LogP contribution in [-0.2, 0) is 4.74 Å². The maximum Gasteiger partial charge on any atom is 0.293 e. The molecule has 0 radical (unpaired) electrons. The first kappa shape index (κ1) is 15.0. The smallest absolute Gasteiger partial charge is 0.293 e. The molecule has 0 unspecified atom stereocenters. The first-order valence-corrected chi connectivity index (χ1v) is 5.93. The van der Waals surface area contributed by atoms with Crippen LogP contribution in [0.1, 0.15) is 13.8 Å². The van der Waals surface area contributed by atoms with Crippen LogP contribution >= 0.6 is 23.2 Å². The molecule has 0 saturated carbocycles. The zero-order chi connectivity index (χ0) is 13.9. The van der Waals surface area contributed by atoms with Gasteiger partial charge in [-0.15, -0.1) is 0 Å². The molecule has 0 atom stereocenters. The quantitative estimate of drug-likeness (QED) is 0.663. The number of benzene rings is 1. The minimum Gasteiger partial charge on any atom is -0.382 e. The molecule has 1 aromatic rings. The van der Waals surface area contributed by atoms with E-state index in [4.69, 9.17) is 27.9 Å². The molecule has 0 bridgehead atoms. The van der Waals surface area contributed by atoms with Crippen LogP contribution in [0, 0.1) is 10.1 Å². The van der Waals surface area contributed by atoms with Crippen LogP contribution in [0.4, 0.5) is 11.4 Å². The molecule has 18 heavy (non-hydrogen) atoms. The Kier molecular flexibility index (Phi) is 4.78. The number of nitrogens with zero attached hydrogens (tertiary/aromatic N) is 1. The number of hydrogen-bond donors (Lipinski definition) is 1. The van der Waals surface area contributed by atoms with E-state index < -0.39 is 10.5 Å². The molecule has 7 heteroatoms. The van der Waals surface area contributed by atoms with Crippen LogP contribution in [0.5, 0.6) is 0 Å². The van der Waals surface area contributed by atoms with Gasteiger partial charge in [0.05, 0.1) is 27.1 Å². The van der Waals surface area contributed by atoms with Crippen molar-refractivity contribution in [2.24, 2.45) is 0 Å². The number of halogens is 2. The van der Waals surface area contributed by atoms with Crippen LogP contribution < -0.4 is 5.32 Å². The molecule has 1 aromatic carbocycles. The lowest BCUT2D eigenvalue weighted by molar-refractivity contribution is -0.384.